The Kier molecular flexibility index (Phi) is 3.59. The molecule has 17 heavy (non-hydrogen) atoms. The van der Waals surface area contributed by atoms with Crippen molar-refractivity contribution in [1.29, 1.82) is 0 Å². The highest BCUT2D eigenvalue weighted by Gasteiger charge is 2.26. The second-order valence-corrected chi connectivity index (χ2v) is 4.87. The van der Waals surface area contributed by atoms with Crippen LogP contribution in [0.1, 0.15) is 31.7 Å². The molecule has 2 heterocycles. The molecule has 1 saturated heterocycles. The van der Waals surface area contributed by atoms with Crippen molar-refractivity contribution in [2.45, 2.75) is 38.4 Å². The van der Waals surface area contributed by atoms with Crippen LogP contribution in [0.3, 0.4) is 0 Å². The van der Waals surface area contributed by atoms with Gasteiger partial charge in [0.2, 0.25) is 0 Å². The zero-order chi connectivity index (χ0) is 12.3. The summed E-state index contributed by atoms with van der Waals surface area (Å²) in [5.41, 5.74) is 0.162. The molecule has 5 heteroatoms. The Morgan fingerprint density at radius 3 is 3.00 bits per heavy atom. The van der Waals surface area contributed by atoms with Gasteiger partial charge in [0.25, 0.3) is 0 Å². The Labute approximate surface area is 101 Å². The second kappa shape index (κ2) is 4.98. The Morgan fingerprint density at radius 1 is 1.41 bits per heavy atom. The van der Waals surface area contributed by atoms with Gasteiger partial charge in [0, 0.05) is 24.8 Å². The fourth-order valence-corrected chi connectivity index (χ4v) is 2.22. The van der Waals surface area contributed by atoms with Gasteiger partial charge in [-0.3, -0.25) is 0 Å². The van der Waals surface area contributed by atoms with E-state index in [1.54, 1.807) is 6.20 Å². The third-order valence-corrected chi connectivity index (χ3v) is 3.30. The minimum absolute atomic E-state index is 0.0525. The van der Waals surface area contributed by atoms with Crippen LogP contribution >= 0.6 is 0 Å². The summed E-state index contributed by atoms with van der Waals surface area (Å²) in [6, 6.07) is 0. The molecule has 1 aromatic heterocycles. The number of hydrogen-bond acceptors (Lipinski definition) is 5. The van der Waals surface area contributed by atoms with E-state index in [-0.39, 0.29) is 6.61 Å². The minimum Gasteiger partial charge on any atom is -0.391 e. The number of hydrogen-bond donors (Lipinski definition) is 2. The molecule has 1 aromatic rings. The molecule has 2 rings (SSSR count). The third-order valence-electron chi connectivity index (χ3n) is 3.30. The van der Waals surface area contributed by atoms with Crippen LogP contribution in [0.25, 0.3) is 0 Å². The summed E-state index contributed by atoms with van der Waals surface area (Å²) in [6.07, 6.45) is 5.61. The fraction of sp³-hybridized carbons (Fsp3) is 0.667. The van der Waals surface area contributed by atoms with Gasteiger partial charge in [-0.2, -0.15) is 0 Å². The van der Waals surface area contributed by atoms with Gasteiger partial charge in [-0.1, -0.05) is 0 Å². The highest BCUT2D eigenvalue weighted by Crippen LogP contribution is 2.25. The lowest BCUT2D eigenvalue weighted by Gasteiger charge is -2.24. The molecule has 0 spiro atoms. The molecule has 0 amide bonds. The molecule has 1 unspecified atom stereocenters. The first kappa shape index (κ1) is 12.3. The maximum Gasteiger partial charge on any atom is 0.137 e. The monoisotopic (exact) mass is 237 g/mol. The van der Waals surface area contributed by atoms with Crippen molar-refractivity contribution >= 4 is 5.82 Å². The van der Waals surface area contributed by atoms with Crippen LogP contribution in [0, 0.1) is 0 Å². The summed E-state index contributed by atoms with van der Waals surface area (Å²) in [6.45, 7) is 3.45. The van der Waals surface area contributed by atoms with Crippen LogP contribution < -0.4 is 4.90 Å². The van der Waals surface area contributed by atoms with E-state index in [1.165, 1.54) is 6.33 Å². The van der Waals surface area contributed by atoms with Crippen molar-refractivity contribution in [3.8, 4) is 0 Å². The van der Waals surface area contributed by atoms with Crippen LogP contribution in [-0.4, -0.2) is 38.9 Å². The molecule has 2 N–H and O–H groups in total. The van der Waals surface area contributed by atoms with Crippen molar-refractivity contribution in [2.75, 3.05) is 18.0 Å². The van der Waals surface area contributed by atoms with Gasteiger partial charge in [-0.25, -0.2) is 9.97 Å². The van der Waals surface area contributed by atoms with Gasteiger partial charge in [0.1, 0.15) is 12.1 Å². The highest BCUT2D eigenvalue weighted by atomic mass is 16.3. The molecule has 1 fully saturated rings. The lowest BCUT2D eigenvalue weighted by molar-refractivity contribution is 0.0481. The molecule has 1 atom stereocenters. The Morgan fingerprint density at radius 2 is 2.24 bits per heavy atom. The summed E-state index contributed by atoms with van der Waals surface area (Å²) < 4.78 is 0. The Hall–Kier alpha value is -1.20. The number of nitrogens with zero attached hydrogens (tertiary/aromatic N) is 3. The lowest BCUT2D eigenvalue weighted by atomic mass is 9.98. The maximum absolute atomic E-state index is 10.0. The van der Waals surface area contributed by atoms with Gasteiger partial charge < -0.3 is 15.1 Å². The zero-order valence-electron chi connectivity index (χ0n) is 10.1. The SMILES string of the molecule is CC1(O)CCCN(c2ncncc2CO)CC1. The van der Waals surface area contributed by atoms with E-state index in [0.717, 1.165) is 43.7 Å². The average Bonchev–Trinajstić information content (AvgIpc) is 2.50. The van der Waals surface area contributed by atoms with E-state index in [1.807, 2.05) is 6.92 Å². The third kappa shape index (κ3) is 2.92. The summed E-state index contributed by atoms with van der Waals surface area (Å²) >= 11 is 0. The highest BCUT2D eigenvalue weighted by molar-refractivity contribution is 5.45. The molecule has 0 bridgehead atoms. The second-order valence-electron chi connectivity index (χ2n) is 4.87. The van der Waals surface area contributed by atoms with Gasteiger partial charge in [-0.15, -0.1) is 0 Å². The van der Waals surface area contributed by atoms with Crippen molar-refractivity contribution in [1.82, 2.24) is 9.97 Å². The van der Waals surface area contributed by atoms with Gasteiger partial charge in [0.05, 0.1) is 12.2 Å². The van der Waals surface area contributed by atoms with E-state index in [0.29, 0.717) is 0 Å². The van der Waals surface area contributed by atoms with E-state index < -0.39 is 5.60 Å². The molecule has 94 valence electrons. The number of rotatable bonds is 2. The largest absolute Gasteiger partial charge is 0.391 e. The van der Waals surface area contributed by atoms with Gasteiger partial charge in [-0.05, 0) is 26.2 Å². The number of aromatic nitrogens is 2. The van der Waals surface area contributed by atoms with Crippen molar-refractivity contribution in [3.63, 3.8) is 0 Å². The summed E-state index contributed by atoms with van der Waals surface area (Å²) in [5, 5.41) is 19.3. The summed E-state index contributed by atoms with van der Waals surface area (Å²) in [5.74, 6) is 0.792. The molecule has 1 aliphatic rings. The van der Waals surface area contributed by atoms with Crippen LogP contribution in [0.4, 0.5) is 5.82 Å². The summed E-state index contributed by atoms with van der Waals surface area (Å²) in [4.78, 5) is 10.3. The van der Waals surface area contributed by atoms with Gasteiger partial charge >= 0.3 is 0 Å². The van der Waals surface area contributed by atoms with Crippen LogP contribution in [0.15, 0.2) is 12.5 Å². The van der Waals surface area contributed by atoms with Crippen molar-refractivity contribution < 1.29 is 10.2 Å². The minimum atomic E-state index is -0.582. The quantitative estimate of drug-likeness (QED) is 0.793. The van der Waals surface area contributed by atoms with E-state index in [2.05, 4.69) is 14.9 Å². The average molecular weight is 237 g/mol. The fourth-order valence-electron chi connectivity index (χ4n) is 2.22. The first-order valence-electron chi connectivity index (χ1n) is 5.99. The van der Waals surface area contributed by atoms with Crippen molar-refractivity contribution in [3.05, 3.63) is 18.1 Å². The Bertz CT molecular complexity index is 382. The molecule has 1 aliphatic heterocycles. The zero-order valence-corrected chi connectivity index (χ0v) is 10.1. The molecule has 0 radical (unpaired) electrons. The predicted octanol–water partition coefficient (Wildman–Crippen LogP) is 0.710. The summed E-state index contributed by atoms with van der Waals surface area (Å²) in [7, 11) is 0. The first-order valence-corrected chi connectivity index (χ1v) is 5.99. The predicted molar refractivity (Wildman–Crippen MR) is 64.6 cm³/mol. The first-order chi connectivity index (χ1) is 8.12. The molecular formula is C12H19N3O2. The molecular weight excluding hydrogens is 218 g/mol. The van der Waals surface area contributed by atoms with Crippen molar-refractivity contribution in [2.24, 2.45) is 0 Å². The van der Waals surface area contributed by atoms with E-state index >= 15 is 0 Å². The molecule has 0 aromatic carbocycles. The van der Waals surface area contributed by atoms with Gasteiger partial charge in [0.15, 0.2) is 0 Å². The topological polar surface area (TPSA) is 69.5 Å². The lowest BCUT2D eigenvalue weighted by Crippen LogP contribution is -2.29. The van der Waals surface area contributed by atoms with Crippen LogP contribution in [0.5, 0.6) is 0 Å². The number of anilines is 1. The normalized spacial score (nSPS) is 25.7. The van der Waals surface area contributed by atoms with Crippen LogP contribution in [0.2, 0.25) is 0 Å². The molecule has 0 saturated carbocycles. The molecule has 5 nitrogen and oxygen atoms in total. The van der Waals surface area contributed by atoms with E-state index in [4.69, 9.17) is 0 Å². The smallest absolute Gasteiger partial charge is 0.137 e. The maximum atomic E-state index is 10.0. The Balaban J connectivity index is 2.17. The number of aliphatic hydroxyl groups is 2. The van der Waals surface area contributed by atoms with E-state index in [9.17, 15) is 10.2 Å². The standard InChI is InChI=1S/C12H19N3O2/c1-12(17)3-2-5-15(6-4-12)11-10(8-16)7-13-9-14-11/h7,9,16-17H,2-6,8H2,1H3. The van der Waals surface area contributed by atoms with Crippen LogP contribution in [-0.2, 0) is 6.61 Å². The molecule has 0 aliphatic carbocycles. The number of aliphatic hydroxyl groups excluding tert-OH is 1.